The fourth-order valence-electron chi connectivity index (χ4n) is 6.02. The number of nitrogens with zero attached hydrogens (tertiary/aromatic N) is 1. The molecule has 0 aromatic carbocycles. The topological polar surface area (TPSA) is 43.9 Å². The van der Waals surface area contributed by atoms with Crippen LogP contribution < -0.4 is 0 Å². The van der Waals surface area contributed by atoms with Gasteiger partial charge in [-0.3, -0.25) is 4.99 Å². The fourth-order valence-corrected chi connectivity index (χ4v) is 6.02. The van der Waals surface area contributed by atoms with E-state index in [1.807, 2.05) is 12.3 Å². The summed E-state index contributed by atoms with van der Waals surface area (Å²) in [6.07, 6.45) is 12.6. The third kappa shape index (κ3) is 2.21. The molecule has 4 fully saturated rings. The summed E-state index contributed by atoms with van der Waals surface area (Å²) in [5.74, 6) is 2.86. The standard InChI is InChI=1S/C21H27N3/c1-13-14(2)20(18-4-3-5-22-18)24-19(13)12-23-21-9-15-6-16(10-21)8-17(7-15)11-21/h3-5,12,15-17,22,24H,6-11H2,1-2H3. The van der Waals surface area contributed by atoms with Crippen molar-refractivity contribution in [3.05, 3.63) is 35.2 Å². The molecular weight excluding hydrogens is 294 g/mol. The van der Waals surface area contributed by atoms with Gasteiger partial charge in [0.1, 0.15) is 0 Å². The first-order valence-corrected chi connectivity index (χ1v) is 9.50. The Morgan fingerprint density at radius 2 is 1.71 bits per heavy atom. The van der Waals surface area contributed by atoms with Crippen LogP contribution in [-0.4, -0.2) is 21.7 Å². The van der Waals surface area contributed by atoms with Gasteiger partial charge in [-0.15, -0.1) is 0 Å². The molecule has 0 atom stereocenters. The van der Waals surface area contributed by atoms with Crippen LogP contribution in [0.4, 0.5) is 0 Å². The molecule has 3 nitrogen and oxygen atoms in total. The average Bonchev–Trinajstić information content (AvgIpc) is 3.15. The number of H-pyrrole nitrogens is 2. The molecule has 6 rings (SSSR count). The summed E-state index contributed by atoms with van der Waals surface area (Å²) in [5.41, 5.74) is 6.45. The first-order valence-electron chi connectivity index (χ1n) is 9.50. The smallest absolute Gasteiger partial charge is 0.0656 e. The molecule has 4 saturated carbocycles. The number of rotatable bonds is 3. The normalized spacial score (nSPS) is 34.5. The molecule has 4 aliphatic carbocycles. The Labute approximate surface area is 144 Å². The fraction of sp³-hybridized carbons (Fsp3) is 0.571. The second kappa shape index (κ2) is 5.11. The third-order valence-corrected chi connectivity index (χ3v) is 6.94. The molecule has 0 amide bonds. The molecule has 4 bridgehead atoms. The lowest BCUT2D eigenvalue weighted by Crippen LogP contribution is -2.49. The van der Waals surface area contributed by atoms with Crippen LogP contribution in [0, 0.1) is 31.6 Å². The molecular formula is C21H27N3. The first-order chi connectivity index (χ1) is 11.6. The zero-order valence-corrected chi connectivity index (χ0v) is 14.7. The van der Waals surface area contributed by atoms with Gasteiger partial charge >= 0.3 is 0 Å². The van der Waals surface area contributed by atoms with E-state index in [0.29, 0.717) is 0 Å². The van der Waals surface area contributed by atoms with Crippen molar-refractivity contribution < 1.29 is 0 Å². The molecule has 2 N–H and O–H groups in total. The molecule has 4 aliphatic rings. The van der Waals surface area contributed by atoms with E-state index < -0.39 is 0 Å². The summed E-state index contributed by atoms with van der Waals surface area (Å²) in [6.45, 7) is 4.41. The largest absolute Gasteiger partial charge is 0.360 e. The van der Waals surface area contributed by atoms with Gasteiger partial charge in [-0.1, -0.05) is 0 Å². The number of hydrogen-bond donors (Lipinski definition) is 2. The molecule has 0 unspecified atom stereocenters. The predicted octanol–water partition coefficient (Wildman–Crippen LogP) is 5.01. The average molecular weight is 321 g/mol. The van der Waals surface area contributed by atoms with Crippen molar-refractivity contribution in [2.75, 3.05) is 0 Å². The molecule has 2 aromatic heterocycles. The van der Waals surface area contributed by atoms with Gasteiger partial charge in [-0.05, 0) is 93.4 Å². The van der Waals surface area contributed by atoms with Gasteiger partial charge in [-0.25, -0.2) is 0 Å². The Morgan fingerprint density at radius 3 is 2.29 bits per heavy atom. The van der Waals surface area contributed by atoms with Crippen LogP contribution >= 0.6 is 0 Å². The van der Waals surface area contributed by atoms with Gasteiger partial charge in [0.15, 0.2) is 0 Å². The molecule has 0 aliphatic heterocycles. The highest BCUT2D eigenvalue weighted by Crippen LogP contribution is 2.57. The van der Waals surface area contributed by atoms with E-state index in [9.17, 15) is 0 Å². The van der Waals surface area contributed by atoms with E-state index in [1.165, 1.54) is 61.0 Å². The van der Waals surface area contributed by atoms with Gasteiger partial charge in [0, 0.05) is 12.4 Å². The van der Waals surface area contributed by atoms with E-state index in [2.05, 4.69) is 36.1 Å². The lowest BCUT2D eigenvalue weighted by Gasteiger charge is -2.54. The first kappa shape index (κ1) is 14.6. The van der Waals surface area contributed by atoms with Crippen LogP contribution in [0.25, 0.3) is 11.4 Å². The second-order valence-corrected chi connectivity index (χ2v) is 8.65. The molecule has 0 spiro atoms. The number of hydrogen-bond acceptors (Lipinski definition) is 1. The van der Waals surface area contributed by atoms with Crippen molar-refractivity contribution in [2.45, 2.75) is 57.9 Å². The maximum absolute atomic E-state index is 5.22. The van der Waals surface area contributed by atoms with Crippen molar-refractivity contribution >= 4 is 6.21 Å². The Kier molecular flexibility index (Phi) is 3.10. The number of aliphatic imine (C=N–C) groups is 1. The second-order valence-electron chi connectivity index (χ2n) is 8.65. The number of aromatic nitrogens is 2. The van der Waals surface area contributed by atoms with E-state index in [-0.39, 0.29) is 5.54 Å². The van der Waals surface area contributed by atoms with E-state index in [4.69, 9.17) is 4.99 Å². The van der Waals surface area contributed by atoms with Gasteiger partial charge in [0.05, 0.1) is 22.6 Å². The summed E-state index contributed by atoms with van der Waals surface area (Å²) < 4.78 is 0. The van der Waals surface area contributed by atoms with Gasteiger partial charge in [-0.2, -0.15) is 0 Å². The molecule has 126 valence electrons. The Hall–Kier alpha value is -1.77. The SMILES string of the molecule is Cc1c(C=NC23CC4CC(CC(C4)C2)C3)[nH]c(-c2ccc[nH]2)c1C. The maximum atomic E-state index is 5.22. The van der Waals surface area contributed by atoms with Crippen molar-refractivity contribution in [3.8, 4) is 11.4 Å². The predicted molar refractivity (Wildman–Crippen MR) is 98.6 cm³/mol. The molecule has 0 radical (unpaired) electrons. The highest BCUT2D eigenvalue weighted by Gasteiger charge is 2.50. The van der Waals surface area contributed by atoms with Crippen LogP contribution in [0.5, 0.6) is 0 Å². The molecule has 2 aromatic rings. The summed E-state index contributed by atoms with van der Waals surface area (Å²) in [5, 5.41) is 0. The lowest BCUT2D eigenvalue weighted by atomic mass is 9.53. The van der Waals surface area contributed by atoms with Crippen LogP contribution in [-0.2, 0) is 0 Å². The number of aromatic amines is 2. The van der Waals surface area contributed by atoms with Crippen LogP contribution in [0.15, 0.2) is 23.3 Å². The summed E-state index contributed by atoms with van der Waals surface area (Å²) in [7, 11) is 0. The maximum Gasteiger partial charge on any atom is 0.0656 e. The van der Waals surface area contributed by atoms with E-state index in [0.717, 1.165) is 23.4 Å². The highest BCUT2D eigenvalue weighted by molar-refractivity contribution is 5.83. The minimum atomic E-state index is 0.257. The summed E-state index contributed by atoms with van der Waals surface area (Å²) >= 11 is 0. The van der Waals surface area contributed by atoms with Gasteiger partial charge in [0.25, 0.3) is 0 Å². The van der Waals surface area contributed by atoms with Crippen molar-refractivity contribution in [3.63, 3.8) is 0 Å². The van der Waals surface area contributed by atoms with E-state index >= 15 is 0 Å². The number of nitrogens with one attached hydrogen (secondary N) is 2. The van der Waals surface area contributed by atoms with Crippen LogP contribution in [0.1, 0.15) is 55.3 Å². The zero-order valence-electron chi connectivity index (χ0n) is 14.7. The summed E-state index contributed by atoms with van der Waals surface area (Å²) in [4.78, 5) is 12.1. The van der Waals surface area contributed by atoms with Crippen molar-refractivity contribution in [2.24, 2.45) is 22.7 Å². The zero-order chi connectivity index (χ0) is 16.3. The monoisotopic (exact) mass is 321 g/mol. The quantitative estimate of drug-likeness (QED) is 0.746. The van der Waals surface area contributed by atoms with E-state index in [1.54, 1.807) is 0 Å². The van der Waals surface area contributed by atoms with Crippen molar-refractivity contribution in [1.82, 2.24) is 9.97 Å². The molecule has 2 heterocycles. The van der Waals surface area contributed by atoms with Crippen LogP contribution in [0.3, 0.4) is 0 Å². The summed E-state index contributed by atoms with van der Waals surface area (Å²) in [6, 6.07) is 4.17. The van der Waals surface area contributed by atoms with Gasteiger partial charge in [0.2, 0.25) is 0 Å². The molecule has 0 saturated heterocycles. The molecule has 24 heavy (non-hydrogen) atoms. The minimum Gasteiger partial charge on any atom is -0.360 e. The third-order valence-electron chi connectivity index (χ3n) is 6.94. The minimum absolute atomic E-state index is 0.257. The molecule has 3 heteroatoms. The highest BCUT2D eigenvalue weighted by atomic mass is 14.9. The Balaban J connectivity index is 1.46. The Morgan fingerprint density at radius 1 is 1.04 bits per heavy atom. The lowest BCUT2D eigenvalue weighted by molar-refractivity contribution is 0.00194. The van der Waals surface area contributed by atoms with Crippen LogP contribution in [0.2, 0.25) is 0 Å². The van der Waals surface area contributed by atoms with Gasteiger partial charge < -0.3 is 9.97 Å². The Bertz CT molecular complexity index is 743. The van der Waals surface area contributed by atoms with Crippen molar-refractivity contribution in [1.29, 1.82) is 0 Å².